The molecule has 0 saturated carbocycles. The smallest absolute Gasteiger partial charge is 0.254 e. The highest BCUT2D eigenvalue weighted by Crippen LogP contribution is 2.48. The third-order valence-electron chi connectivity index (χ3n) is 5.70. The lowest BCUT2D eigenvalue weighted by Gasteiger charge is -2.50. The maximum atomic E-state index is 13.6. The Morgan fingerprint density at radius 3 is 2.28 bits per heavy atom. The van der Waals surface area contributed by atoms with Gasteiger partial charge in [-0.3, -0.25) is 9.59 Å². The first-order valence-corrected chi connectivity index (χ1v) is 10.1. The molecule has 29 heavy (non-hydrogen) atoms. The summed E-state index contributed by atoms with van der Waals surface area (Å²) in [5.74, 6) is -0.170. The van der Waals surface area contributed by atoms with Crippen LogP contribution in [-0.4, -0.2) is 33.9 Å². The molecule has 154 valence electrons. The van der Waals surface area contributed by atoms with Gasteiger partial charge in [-0.15, -0.1) is 0 Å². The SMILES string of the molecule is CC(C)NC(=O)[C@@]1(C)c2ccccc2C(=O)N(C(C)C)[C@H]1c1ccc(CO)cc1. The summed E-state index contributed by atoms with van der Waals surface area (Å²) >= 11 is 0. The normalized spacial score (nSPS) is 21.4. The summed E-state index contributed by atoms with van der Waals surface area (Å²) in [6, 6.07) is 14.4. The minimum atomic E-state index is -0.959. The van der Waals surface area contributed by atoms with Crippen LogP contribution < -0.4 is 5.32 Å². The molecular weight excluding hydrogens is 364 g/mol. The van der Waals surface area contributed by atoms with Crippen LogP contribution in [0.25, 0.3) is 0 Å². The van der Waals surface area contributed by atoms with Gasteiger partial charge in [-0.25, -0.2) is 0 Å². The predicted octanol–water partition coefficient (Wildman–Crippen LogP) is 3.57. The lowest BCUT2D eigenvalue weighted by atomic mass is 9.67. The highest BCUT2D eigenvalue weighted by molar-refractivity contribution is 6.03. The van der Waals surface area contributed by atoms with Crippen LogP contribution in [0.15, 0.2) is 48.5 Å². The molecule has 0 saturated heterocycles. The van der Waals surface area contributed by atoms with E-state index in [2.05, 4.69) is 5.32 Å². The van der Waals surface area contributed by atoms with Crippen molar-refractivity contribution in [3.63, 3.8) is 0 Å². The third kappa shape index (κ3) is 3.55. The Balaban J connectivity index is 2.28. The zero-order chi connectivity index (χ0) is 21.3. The van der Waals surface area contributed by atoms with Crippen molar-refractivity contribution < 1.29 is 14.7 Å². The Morgan fingerprint density at radius 1 is 1.10 bits per heavy atom. The molecule has 3 rings (SSSR count). The zero-order valence-corrected chi connectivity index (χ0v) is 17.8. The van der Waals surface area contributed by atoms with Crippen molar-refractivity contribution >= 4 is 11.8 Å². The van der Waals surface area contributed by atoms with Crippen molar-refractivity contribution in [3.8, 4) is 0 Å². The van der Waals surface area contributed by atoms with Gasteiger partial charge in [0.15, 0.2) is 0 Å². The van der Waals surface area contributed by atoms with Crippen molar-refractivity contribution in [2.45, 2.75) is 64.8 Å². The van der Waals surface area contributed by atoms with Crippen LogP contribution in [0, 0.1) is 0 Å². The van der Waals surface area contributed by atoms with Crippen LogP contribution in [0.2, 0.25) is 0 Å². The molecule has 1 aliphatic rings. The van der Waals surface area contributed by atoms with Crippen molar-refractivity contribution in [2.24, 2.45) is 0 Å². The molecule has 5 heteroatoms. The molecule has 0 aromatic heterocycles. The molecule has 0 aliphatic carbocycles. The van der Waals surface area contributed by atoms with Gasteiger partial charge >= 0.3 is 0 Å². The summed E-state index contributed by atoms with van der Waals surface area (Å²) in [6.45, 7) is 9.70. The standard InChI is InChI=1S/C24H30N2O3/c1-15(2)25-23(29)24(5)20-9-7-6-8-19(20)22(28)26(16(3)4)21(24)18-12-10-17(14-27)11-13-18/h6-13,15-16,21,27H,14H2,1-5H3,(H,25,29)/t21-,24-/m0/s1. The highest BCUT2D eigenvalue weighted by Gasteiger charge is 2.53. The highest BCUT2D eigenvalue weighted by atomic mass is 16.3. The van der Waals surface area contributed by atoms with Crippen LogP contribution in [0.5, 0.6) is 0 Å². The van der Waals surface area contributed by atoms with E-state index in [1.54, 1.807) is 6.07 Å². The fourth-order valence-electron chi connectivity index (χ4n) is 4.29. The van der Waals surface area contributed by atoms with E-state index in [4.69, 9.17) is 0 Å². The topological polar surface area (TPSA) is 69.6 Å². The average molecular weight is 395 g/mol. The van der Waals surface area contributed by atoms with Gasteiger partial charge in [0, 0.05) is 17.6 Å². The lowest BCUT2D eigenvalue weighted by molar-refractivity contribution is -0.129. The third-order valence-corrected chi connectivity index (χ3v) is 5.70. The molecule has 0 radical (unpaired) electrons. The Labute approximate surface area is 172 Å². The van der Waals surface area contributed by atoms with Crippen molar-refractivity contribution in [2.75, 3.05) is 0 Å². The number of hydrogen-bond acceptors (Lipinski definition) is 3. The van der Waals surface area contributed by atoms with E-state index in [9.17, 15) is 14.7 Å². The molecule has 1 heterocycles. The number of rotatable bonds is 5. The lowest BCUT2D eigenvalue weighted by Crippen LogP contribution is -2.59. The number of fused-ring (bicyclic) bond motifs is 1. The van der Waals surface area contributed by atoms with Gasteiger partial charge in [0.05, 0.1) is 18.1 Å². The second-order valence-corrected chi connectivity index (χ2v) is 8.48. The van der Waals surface area contributed by atoms with Gasteiger partial charge in [-0.1, -0.05) is 42.5 Å². The maximum absolute atomic E-state index is 13.6. The summed E-state index contributed by atoms with van der Waals surface area (Å²) < 4.78 is 0. The van der Waals surface area contributed by atoms with E-state index < -0.39 is 11.5 Å². The summed E-state index contributed by atoms with van der Waals surface area (Å²) in [5.41, 5.74) is 2.03. The zero-order valence-electron chi connectivity index (χ0n) is 17.8. The van der Waals surface area contributed by atoms with Gasteiger partial charge in [0.2, 0.25) is 5.91 Å². The molecule has 0 spiro atoms. The Hall–Kier alpha value is -2.66. The Morgan fingerprint density at radius 2 is 1.72 bits per heavy atom. The quantitative estimate of drug-likeness (QED) is 0.815. The first-order valence-electron chi connectivity index (χ1n) is 10.1. The number of carbonyl (C=O) groups excluding carboxylic acids is 2. The van der Waals surface area contributed by atoms with Gasteiger partial charge in [-0.2, -0.15) is 0 Å². The predicted molar refractivity (Wildman–Crippen MR) is 113 cm³/mol. The molecule has 0 unspecified atom stereocenters. The molecule has 2 N–H and O–H groups in total. The fraction of sp³-hybridized carbons (Fsp3) is 0.417. The number of carbonyl (C=O) groups is 2. The number of nitrogens with zero attached hydrogens (tertiary/aromatic N) is 1. The first kappa shape index (κ1) is 21.1. The van der Waals surface area contributed by atoms with E-state index in [-0.39, 0.29) is 30.5 Å². The van der Waals surface area contributed by atoms with Crippen molar-refractivity contribution in [3.05, 3.63) is 70.8 Å². The molecule has 1 aliphatic heterocycles. The van der Waals surface area contributed by atoms with Gasteiger partial charge in [0.1, 0.15) is 0 Å². The molecule has 2 amide bonds. The maximum Gasteiger partial charge on any atom is 0.254 e. The van der Waals surface area contributed by atoms with Crippen LogP contribution in [-0.2, 0) is 16.8 Å². The molecular formula is C24H30N2O3. The van der Waals surface area contributed by atoms with Gasteiger partial charge in [0.25, 0.3) is 5.91 Å². The van der Waals surface area contributed by atoms with E-state index in [0.717, 1.165) is 16.7 Å². The molecule has 0 fully saturated rings. The minimum absolute atomic E-state index is 0.0194. The van der Waals surface area contributed by atoms with Crippen LogP contribution in [0.3, 0.4) is 0 Å². The van der Waals surface area contributed by atoms with Gasteiger partial charge in [-0.05, 0) is 57.4 Å². The molecule has 0 bridgehead atoms. The van der Waals surface area contributed by atoms with Crippen LogP contribution >= 0.6 is 0 Å². The van der Waals surface area contributed by atoms with Gasteiger partial charge < -0.3 is 15.3 Å². The second kappa shape index (κ2) is 7.99. The largest absolute Gasteiger partial charge is 0.392 e. The van der Waals surface area contributed by atoms with Crippen LogP contribution in [0.1, 0.15) is 67.7 Å². The van der Waals surface area contributed by atoms with Crippen molar-refractivity contribution in [1.29, 1.82) is 0 Å². The number of amides is 2. The number of hydrogen-bond donors (Lipinski definition) is 2. The van der Waals surface area contributed by atoms with E-state index in [1.165, 1.54) is 0 Å². The monoisotopic (exact) mass is 394 g/mol. The van der Waals surface area contributed by atoms with E-state index >= 15 is 0 Å². The van der Waals surface area contributed by atoms with Crippen LogP contribution in [0.4, 0.5) is 0 Å². The Kier molecular flexibility index (Phi) is 5.80. The Bertz CT molecular complexity index is 905. The number of nitrogens with one attached hydrogen (secondary N) is 1. The number of aliphatic hydroxyl groups is 1. The average Bonchev–Trinajstić information content (AvgIpc) is 2.69. The van der Waals surface area contributed by atoms with E-state index in [1.807, 2.05) is 82.0 Å². The second-order valence-electron chi connectivity index (χ2n) is 8.48. The molecule has 5 nitrogen and oxygen atoms in total. The number of aliphatic hydroxyl groups excluding tert-OH is 1. The summed E-state index contributed by atoms with van der Waals surface area (Å²) in [7, 11) is 0. The minimum Gasteiger partial charge on any atom is -0.392 e. The summed E-state index contributed by atoms with van der Waals surface area (Å²) in [5, 5.41) is 12.5. The molecule has 2 aromatic carbocycles. The molecule has 2 aromatic rings. The van der Waals surface area contributed by atoms with E-state index in [0.29, 0.717) is 5.56 Å². The first-order chi connectivity index (χ1) is 13.7. The molecule has 2 atom stereocenters. The van der Waals surface area contributed by atoms with Crippen molar-refractivity contribution in [1.82, 2.24) is 10.2 Å². The summed E-state index contributed by atoms with van der Waals surface area (Å²) in [4.78, 5) is 28.9. The number of benzene rings is 2. The summed E-state index contributed by atoms with van der Waals surface area (Å²) in [6.07, 6.45) is 0. The fourth-order valence-corrected chi connectivity index (χ4v) is 4.29.